The third-order valence-corrected chi connectivity index (χ3v) is 7.87. The van der Waals surface area contributed by atoms with Crippen LogP contribution >= 0.6 is 11.3 Å². The van der Waals surface area contributed by atoms with Gasteiger partial charge in [0.05, 0.1) is 4.90 Å². The summed E-state index contributed by atoms with van der Waals surface area (Å²) >= 11 is 1.33. The number of carbonyl (C=O) groups excluding carboxylic acids is 3. The van der Waals surface area contributed by atoms with Crippen LogP contribution in [0.5, 0.6) is 0 Å². The first-order valence-corrected chi connectivity index (χ1v) is 11.3. The quantitative estimate of drug-likeness (QED) is 0.650. The smallest absolute Gasteiger partial charge is 0.324 e. The molecule has 1 fully saturated rings. The molecule has 1 aliphatic rings. The zero-order valence-electron chi connectivity index (χ0n) is 16.9. The average Bonchev–Trinajstić information content (AvgIpc) is 3.28. The number of nitrogens with one attached hydrogen (secondary N) is 2. The van der Waals surface area contributed by atoms with Crippen molar-refractivity contribution >= 4 is 44.9 Å². The molecule has 1 saturated heterocycles. The fourth-order valence-electron chi connectivity index (χ4n) is 3.07. The molecule has 0 bridgehead atoms. The molecule has 0 spiro atoms. The van der Waals surface area contributed by atoms with E-state index in [0.717, 1.165) is 9.21 Å². The van der Waals surface area contributed by atoms with Crippen molar-refractivity contribution in [2.45, 2.75) is 24.3 Å². The van der Waals surface area contributed by atoms with Gasteiger partial charge in [0.25, 0.3) is 5.91 Å². The van der Waals surface area contributed by atoms with E-state index in [1.54, 1.807) is 43.5 Å². The second-order valence-corrected chi connectivity index (χ2v) is 10.3. The summed E-state index contributed by atoms with van der Waals surface area (Å²) in [4.78, 5) is 39.2. The molecular formula is C19H22N4O5S2. The van der Waals surface area contributed by atoms with Gasteiger partial charge in [0.1, 0.15) is 6.54 Å². The van der Waals surface area contributed by atoms with Crippen molar-refractivity contribution in [2.75, 3.05) is 26.0 Å². The Kier molecular flexibility index (Phi) is 5.72. The van der Waals surface area contributed by atoms with Gasteiger partial charge in [-0.15, -0.1) is 11.3 Å². The highest BCUT2D eigenvalue weighted by atomic mass is 32.2. The fraction of sp³-hybridized carbons (Fsp3) is 0.316. The van der Waals surface area contributed by atoms with Crippen LogP contribution in [0, 0.1) is 6.92 Å². The lowest BCUT2D eigenvalue weighted by atomic mass is 10.0. The van der Waals surface area contributed by atoms with Gasteiger partial charge in [-0.2, -0.15) is 0 Å². The topological polar surface area (TPSA) is 116 Å². The number of nitrogens with zero attached hydrogens (tertiary/aromatic N) is 2. The number of anilines is 1. The highest BCUT2D eigenvalue weighted by Gasteiger charge is 2.50. The molecule has 3 rings (SSSR count). The lowest BCUT2D eigenvalue weighted by Crippen LogP contribution is -2.41. The monoisotopic (exact) mass is 450 g/mol. The summed E-state index contributed by atoms with van der Waals surface area (Å²) in [6.07, 6.45) is 0. The predicted molar refractivity (Wildman–Crippen MR) is 113 cm³/mol. The maximum absolute atomic E-state index is 12.8. The second-order valence-electron chi connectivity index (χ2n) is 7.24. The number of benzene rings is 1. The lowest BCUT2D eigenvalue weighted by molar-refractivity contribution is -0.133. The standard InChI is InChI=1S/C19H22N4O5S2/c1-12-7-8-13(10-14(12)30(27,28)22(3)4)20-16(24)11-23-17(25)19(2,21-18(23)26)15-6-5-9-29-15/h5-10H,11H2,1-4H3,(H,20,24)(H,21,26). The SMILES string of the molecule is Cc1ccc(NC(=O)CN2C(=O)NC(C)(c3cccs3)C2=O)cc1S(=O)(=O)N(C)C. The van der Waals surface area contributed by atoms with Gasteiger partial charge in [-0.25, -0.2) is 17.5 Å². The van der Waals surface area contributed by atoms with E-state index in [1.165, 1.54) is 31.5 Å². The molecule has 4 amide bonds. The number of thiophene rings is 1. The van der Waals surface area contributed by atoms with Crippen LogP contribution in [0.1, 0.15) is 17.4 Å². The number of aryl methyl sites for hydroxylation is 1. The zero-order valence-corrected chi connectivity index (χ0v) is 18.6. The Labute approximate surface area is 178 Å². The van der Waals surface area contributed by atoms with Gasteiger partial charge >= 0.3 is 6.03 Å². The van der Waals surface area contributed by atoms with Crippen LogP contribution in [0.3, 0.4) is 0 Å². The Morgan fingerprint density at radius 1 is 1.27 bits per heavy atom. The van der Waals surface area contributed by atoms with Gasteiger partial charge in [-0.05, 0) is 43.0 Å². The number of sulfonamides is 1. The van der Waals surface area contributed by atoms with Crippen molar-refractivity contribution in [1.29, 1.82) is 0 Å². The number of hydrogen-bond donors (Lipinski definition) is 2. The first kappa shape index (κ1) is 21.9. The minimum Gasteiger partial charge on any atom is -0.324 e. The zero-order chi connectivity index (χ0) is 22.3. The van der Waals surface area contributed by atoms with E-state index in [9.17, 15) is 22.8 Å². The van der Waals surface area contributed by atoms with E-state index >= 15 is 0 Å². The van der Waals surface area contributed by atoms with Gasteiger partial charge in [0.2, 0.25) is 15.9 Å². The predicted octanol–water partition coefficient (Wildman–Crippen LogP) is 1.71. The molecule has 9 nitrogen and oxygen atoms in total. The number of imide groups is 1. The van der Waals surface area contributed by atoms with Crippen molar-refractivity contribution in [1.82, 2.24) is 14.5 Å². The molecule has 0 saturated carbocycles. The minimum atomic E-state index is -3.69. The van der Waals surface area contributed by atoms with E-state index in [0.29, 0.717) is 10.4 Å². The summed E-state index contributed by atoms with van der Waals surface area (Å²) in [5, 5.41) is 6.99. The van der Waals surface area contributed by atoms with E-state index in [1.807, 2.05) is 0 Å². The van der Waals surface area contributed by atoms with Crippen LogP contribution in [-0.2, 0) is 25.2 Å². The molecule has 1 aliphatic heterocycles. The van der Waals surface area contributed by atoms with Crippen molar-refractivity contribution < 1.29 is 22.8 Å². The Balaban J connectivity index is 1.77. The molecule has 0 aliphatic carbocycles. The van der Waals surface area contributed by atoms with Gasteiger partial charge < -0.3 is 10.6 Å². The Morgan fingerprint density at radius 3 is 2.57 bits per heavy atom. The number of rotatable bonds is 6. The van der Waals surface area contributed by atoms with E-state index in [2.05, 4.69) is 10.6 Å². The molecule has 30 heavy (non-hydrogen) atoms. The summed E-state index contributed by atoms with van der Waals surface area (Å²) in [6.45, 7) is 2.76. The Morgan fingerprint density at radius 2 is 1.97 bits per heavy atom. The third kappa shape index (κ3) is 3.83. The lowest BCUT2D eigenvalue weighted by Gasteiger charge is -2.20. The molecule has 1 atom stereocenters. The Bertz CT molecular complexity index is 1110. The molecule has 2 N–H and O–H groups in total. The summed E-state index contributed by atoms with van der Waals surface area (Å²) in [6, 6.07) is 7.34. The summed E-state index contributed by atoms with van der Waals surface area (Å²) in [5.74, 6) is -1.14. The van der Waals surface area contributed by atoms with Gasteiger partial charge in [-0.1, -0.05) is 12.1 Å². The minimum absolute atomic E-state index is 0.0607. The molecule has 1 aromatic carbocycles. The molecule has 2 aromatic rings. The summed E-state index contributed by atoms with van der Waals surface area (Å²) in [7, 11) is -0.854. The van der Waals surface area contributed by atoms with Gasteiger partial charge in [0, 0.05) is 24.7 Å². The number of urea groups is 1. The average molecular weight is 451 g/mol. The highest BCUT2D eigenvalue weighted by molar-refractivity contribution is 7.89. The van der Waals surface area contributed by atoms with Crippen LogP contribution in [0.25, 0.3) is 0 Å². The molecule has 160 valence electrons. The number of hydrogen-bond acceptors (Lipinski definition) is 6. The van der Waals surface area contributed by atoms with Gasteiger partial charge in [0.15, 0.2) is 5.54 Å². The van der Waals surface area contributed by atoms with Crippen molar-refractivity contribution in [3.8, 4) is 0 Å². The van der Waals surface area contributed by atoms with Crippen molar-refractivity contribution in [3.63, 3.8) is 0 Å². The normalized spacial score (nSPS) is 19.3. The highest BCUT2D eigenvalue weighted by Crippen LogP contribution is 2.31. The van der Waals surface area contributed by atoms with Crippen molar-refractivity contribution in [2.24, 2.45) is 0 Å². The van der Waals surface area contributed by atoms with Crippen LogP contribution in [0.15, 0.2) is 40.6 Å². The molecule has 11 heteroatoms. The van der Waals surface area contributed by atoms with Crippen LogP contribution in [0.2, 0.25) is 0 Å². The van der Waals surface area contributed by atoms with E-state index < -0.39 is 40.0 Å². The van der Waals surface area contributed by atoms with Gasteiger partial charge in [-0.3, -0.25) is 14.5 Å². The molecule has 1 unspecified atom stereocenters. The van der Waals surface area contributed by atoms with Crippen LogP contribution < -0.4 is 10.6 Å². The van der Waals surface area contributed by atoms with Crippen molar-refractivity contribution in [3.05, 3.63) is 46.2 Å². The number of carbonyl (C=O) groups is 3. The molecular weight excluding hydrogens is 428 g/mol. The summed E-state index contributed by atoms with van der Waals surface area (Å²) in [5.41, 5.74) is -0.441. The largest absolute Gasteiger partial charge is 0.325 e. The third-order valence-electron chi connectivity index (χ3n) is 4.82. The maximum Gasteiger partial charge on any atom is 0.325 e. The molecule has 1 aromatic heterocycles. The number of amides is 4. The summed E-state index contributed by atoms with van der Waals surface area (Å²) < 4.78 is 26.0. The fourth-order valence-corrected chi connectivity index (χ4v) is 5.05. The van der Waals surface area contributed by atoms with Crippen LogP contribution in [0.4, 0.5) is 10.5 Å². The first-order valence-electron chi connectivity index (χ1n) is 8.98. The van der Waals surface area contributed by atoms with Crippen LogP contribution in [-0.4, -0.2) is 56.1 Å². The second kappa shape index (κ2) is 7.82. The maximum atomic E-state index is 12.8. The molecule has 0 radical (unpaired) electrons. The Hall–Kier alpha value is -2.76. The molecule has 2 heterocycles. The van der Waals surface area contributed by atoms with E-state index in [-0.39, 0.29) is 10.6 Å². The first-order chi connectivity index (χ1) is 14.0. The van der Waals surface area contributed by atoms with E-state index in [4.69, 9.17) is 0 Å².